The molecule has 0 N–H and O–H groups in total. The lowest BCUT2D eigenvalue weighted by Gasteiger charge is -2.12. The van der Waals surface area contributed by atoms with Crippen molar-refractivity contribution in [2.45, 2.75) is 6.92 Å². The maximum atomic E-state index is 12.4. The molecule has 1 saturated heterocycles. The normalized spacial score (nSPS) is 16.1. The summed E-state index contributed by atoms with van der Waals surface area (Å²) in [5.74, 6) is 1.15. The van der Waals surface area contributed by atoms with E-state index >= 15 is 0 Å². The van der Waals surface area contributed by atoms with Crippen LogP contribution in [-0.2, 0) is 4.79 Å². The van der Waals surface area contributed by atoms with Crippen molar-refractivity contribution in [2.24, 2.45) is 0 Å². The molecule has 1 aliphatic rings. The summed E-state index contributed by atoms with van der Waals surface area (Å²) in [6.07, 6.45) is 3.46. The molecular weight excluding hydrogens is 398 g/mol. The summed E-state index contributed by atoms with van der Waals surface area (Å²) in [5, 5.41) is 0. The molecule has 1 heterocycles. The third-order valence-electron chi connectivity index (χ3n) is 3.05. The van der Waals surface area contributed by atoms with Gasteiger partial charge < -0.3 is 9.47 Å². The van der Waals surface area contributed by atoms with E-state index in [2.05, 4.69) is 22.5 Å². The lowest BCUT2D eigenvalue weighted by Crippen LogP contribution is -2.27. The zero-order valence-corrected chi connectivity index (χ0v) is 16.0. The van der Waals surface area contributed by atoms with Crippen LogP contribution in [0.2, 0.25) is 0 Å². The van der Waals surface area contributed by atoms with E-state index in [0.29, 0.717) is 33.9 Å². The number of ether oxygens (including phenoxy) is 2. The monoisotopic (exact) mass is 413 g/mol. The number of thioether (sulfide) groups is 1. The van der Waals surface area contributed by atoms with Gasteiger partial charge in [0.05, 0.1) is 18.6 Å². The molecule has 7 heteroatoms. The minimum absolute atomic E-state index is 0.111. The number of thiocarbonyl (C=S) groups is 1. The second-order valence-electron chi connectivity index (χ2n) is 4.54. The van der Waals surface area contributed by atoms with Crippen molar-refractivity contribution >= 4 is 56.2 Å². The summed E-state index contributed by atoms with van der Waals surface area (Å²) < 4.78 is 12.2. The van der Waals surface area contributed by atoms with Gasteiger partial charge in [0.25, 0.3) is 5.91 Å². The van der Waals surface area contributed by atoms with Gasteiger partial charge in [-0.05, 0) is 30.7 Å². The number of benzene rings is 1. The average molecular weight is 414 g/mol. The molecule has 23 heavy (non-hydrogen) atoms. The van der Waals surface area contributed by atoms with E-state index in [1.165, 1.54) is 16.7 Å². The molecule has 0 saturated carbocycles. The Hall–Kier alpha value is -1.31. The highest BCUT2D eigenvalue weighted by Crippen LogP contribution is 2.38. The predicted octanol–water partition coefficient (Wildman–Crippen LogP) is 4.24. The predicted molar refractivity (Wildman–Crippen MR) is 102 cm³/mol. The fourth-order valence-electron chi connectivity index (χ4n) is 2.02. The molecule has 0 spiro atoms. The number of nitrogens with zero attached hydrogens (tertiary/aromatic N) is 1. The minimum atomic E-state index is -0.111. The van der Waals surface area contributed by atoms with Crippen LogP contribution in [0.5, 0.6) is 11.5 Å². The van der Waals surface area contributed by atoms with E-state index in [0.717, 1.165) is 10.0 Å². The highest BCUT2D eigenvalue weighted by molar-refractivity contribution is 9.10. The van der Waals surface area contributed by atoms with Gasteiger partial charge >= 0.3 is 0 Å². The molecule has 1 aromatic carbocycles. The largest absolute Gasteiger partial charge is 0.493 e. The van der Waals surface area contributed by atoms with Crippen LogP contribution in [0.4, 0.5) is 0 Å². The van der Waals surface area contributed by atoms with E-state index < -0.39 is 0 Å². The molecule has 1 aromatic rings. The third-order valence-corrected chi connectivity index (χ3v) is 5.12. The van der Waals surface area contributed by atoms with Gasteiger partial charge in [-0.3, -0.25) is 9.69 Å². The topological polar surface area (TPSA) is 38.8 Å². The molecular formula is C16H16BrNO3S2. The molecule has 1 amide bonds. The van der Waals surface area contributed by atoms with Gasteiger partial charge in [-0.25, -0.2) is 0 Å². The highest BCUT2D eigenvalue weighted by Gasteiger charge is 2.31. The van der Waals surface area contributed by atoms with Crippen molar-refractivity contribution in [3.8, 4) is 11.5 Å². The Morgan fingerprint density at radius 2 is 2.17 bits per heavy atom. The number of hydrogen-bond donors (Lipinski definition) is 0. The van der Waals surface area contributed by atoms with Crippen LogP contribution >= 0.6 is 39.9 Å². The molecule has 0 aliphatic carbocycles. The molecule has 1 fully saturated rings. The molecule has 0 radical (unpaired) electrons. The lowest BCUT2D eigenvalue weighted by atomic mass is 10.2. The number of hydrogen-bond acceptors (Lipinski definition) is 5. The molecule has 1 aliphatic heterocycles. The molecule has 2 rings (SSSR count). The van der Waals surface area contributed by atoms with Crippen LogP contribution in [0.25, 0.3) is 6.08 Å². The Balaban J connectivity index is 2.39. The van der Waals surface area contributed by atoms with Gasteiger partial charge in [-0.1, -0.05) is 46.0 Å². The Kier molecular flexibility index (Phi) is 6.26. The number of methoxy groups -OCH3 is 1. The van der Waals surface area contributed by atoms with Crippen LogP contribution in [-0.4, -0.2) is 35.4 Å². The summed E-state index contributed by atoms with van der Waals surface area (Å²) in [6, 6.07) is 3.66. The standard InChI is InChI=1S/C16H16BrNO3S2/c1-4-6-18-15(19)14(23-16(18)22)8-10-7-13(21-5-2)12(20-3)9-11(10)17/h4,7-9H,1,5-6H2,2-3H3/b14-8+. The second kappa shape index (κ2) is 7.99. The van der Waals surface area contributed by atoms with Gasteiger partial charge in [0.15, 0.2) is 11.5 Å². The Bertz CT molecular complexity index is 688. The first kappa shape index (κ1) is 18.0. The first-order valence-electron chi connectivity index (χ1n) is 6.88. The van der Waals surface area contributed by atoms with Crippen molar-refractivity contribution in [2.75, 3.05) is 20.3 Å². The fraction of sp³-hybridized carbons (Fsp3) is 0.250. The number of carbonyl (C=O) groups excluding carboxylic acids is 1. The van der Waals surface area contributed by atoms with Crippen LogP contribution in [0.15, 0.2) is 34.2 Å². The van der Waals surface area contributed by atoms with Crippen molar-refractivity contribution in [3.63, 3.8) is 0 Å². The lowest BCUT2D eigenvalue weighted by molar-refractivity contribution is -0.121. The van der Waals surface area contributed by atoms with E-state index in [4.69, 9.17) is 21.7 Å². The molecule has 0 bridgehead atoms. The van der Waals surface area contributed by atoms with E-state index in [-0.39, 0.29) is 5.91 Å². The van der Waals surface area contributed by atoms with Crippen LogP contribution in [0, 0.1) is 0 Å². The minimum Gasteiger partial charge on any atom is -0.493 e. The summed E-state index contributed by atoms with van der Waals surface area (Å²) in [5.41, 5.74) is 0.827. The van der Waals surface area contributed by atoms with Gasteiger partial charge in [0.1, 0.15) is 4.32 Å². The number of carbonyl (C=O) groups is 1. The van der Waals surface area contributed by atoms with Gasteiger partial charge in [-0.15, -0.1) is 6.58 Å². The first-order chi connectivity index (χ1) is 11.0. The maximum Gasteiger partial charge on any atom is 0.266 e. The van der Waals surface area contributed by atoms with Crippen molar-refractivity contribution in [3.05, 3.63) is 39.7 Å². The Labute approximate surface area is 153 Å². The zero-order chi connectivity index (χ0) is 17.0. The van der Waals surface area contributed by atoms with Crippen molar-refractivity contribution in [1.29, 1.82) is 0 Å². The maximum absolute atomic E-state index is 12.4. The Morgan fingerprint density at radius 3 is 2.78 bits per heavy atom. The molecule has 0 unspecified atom stereocenters. The fourth-order valence-corrected chi connectivity index (χ4v) is 3.72. The average Bonchev–Trinajstić information content (AvgIpc) is 2.78. The molecule has 122 valence electrons. The van der Waals surface area contributed by atoms with Crippen LogP contribution in [0.3, 0.4) is 0 Å². The summed E-state index contributed by atoms with van der Waals surface area (Å²) >= 11 is 10.0. The number of amides is 1. The van der Waals surface area contributed by atoms with Crippen molar-refractivity contribution in [1.82, 2.24) is 4.90 Å². The first-order valence-corrected chi connectivity index (χ1v) is 8.90. The van der Waals surface area contributed by atoms with E-state index in [1.807, 2.05) is 19.1 Å². The third kappa shape index (κ3) is 3.97. The highest BCUT2D eigenvalue weighted by atomic mass is 79.9. The number of rotatable bonds is 6. The molecule has 0 atom stereocenters. The number of halogens is 1. The smallest absolute Gasteiger partial charge is 0.266 e. The van der Waals surface area contributed by atoms with E-state index in [9.17, 15) is 4.79 Å². The van der Waals surface area contributed by atoms with Gasteiger partial charge in [0, 0.05) is 11.0 Å². The SMILES string of the molecule is C=CCN1C(=O)/C(=C\c2cc(OCC)c(OC)cc2Br)SC1=S. The molecule has 4 nitrogen and oxygen atoms in total. The molecule has 0 aromatic heterocycles. The van der Waals surface area contributed by atoms with E-state index in [1.54, 1.807) is 19.3 Å². The Morgan fingerprint density at radius 1 is 1.43 bits per heavy atom. The quantitative estimate of drug-likeness (QED) is 0.396. The van der Waals surface area contributed by atoms with Gasteiger partial charge in [0.2, 0.25) is 0 Å². The summed E-state index contributed by atoms with van der Waals surface area (Å²) in [7, 11) is 1.59. The zero-order valence-electron chi connectivity index (χ0n) is 12.8. The summed E-state index contributed by atoms with van der Waals surface area (Å²) in [4.78, 5) is 14.5. The van der Waals surface area contributed by atoms with Crippen LogP contribution in [0.1, 0.15) is 12.5 Å². The second-order valence-corrected chi connectivity index (χ2v) is 7.07. The van der Waals surface area contributed by atoms with Gasteiger partial charge in [-0.2, -0.15) is 0 Å². The summed E-state index contributed by atoms with van der Waals surface area (Å²) in [6.45, 7) is 6.49. The van der Waals surface area contributed by atoms with Crippen molar-refractivity contribution < 1.29 is 14.3 Å². The van der Waals surface area contributed by atoms with Crippen LogP contribution < -0.4 is 9.47 Å².